The third-order valence-electron chi connectivity index (χ3n) is 4.99. The fourth-order valence-electron chi connectivity index (χ4n) is 3.65. The Morgan fingerprint density at radius 3 is 2.54 bits per heavy atom. The number of hydrogen-bond acceptors (Lipinski definition) is 5. The molecule has 0 radical (unpaired) electrons. The molecule has 0 amide bonds. The van der Waals surface area contributed by atoms with Gasteiger partial charge in [-0.2, -0.15) is 4.31 Å². The van der Waals surface area contributed by atoms with Crippen LogP contribution in [0.5, 0.6) is 11.5 Å². The number of ether oxygens (including phenoxy) is 2. The number of sulfonamides is 1. The van der Waals surface area contributed by atoms with Crippen LogP contribution in [0.1, 0.15) is 22.0 Å². The first-order valence-corrected chi connectivity index (χ1v) is 11.2. The first-order valence-electron chi connectivity index (χ1n) is 8.91. The van der Waals surface area contributed by atoms with Crippen LogP contribution in [0.2, 0.25) is 0 Å². The van der Waals surface area contributed by atoms with E-state index in [1.54, 1.807) is 27.8 Å². The summed E-state index contributed by atoms with van der Waals surface area (Å²) in [5.41, 5.74) is 2.00. The quantitative estimate of drug-likeness (QED) is 0.630. The van der Waals surface area contributed by atoms with Gasteiger partial charge in [0.1, 0.15) is 16.4 Å². The summed E-state index contributed by atoms with van der Waals surface area (Å²) >= 11 is 1.68. The highest BCUT2D eigenvalue weighted by Gasteiger charge is 2.39. The topological polar surface area (TPSA) is 55.8 Å². The molecule has 1 aromatic heterocycles. The van der Waals surface area contributed by atoms with E-state index in [0.29, 0.717) is 24.5 Å². The second-order valence-electron chi connectivity index (χ2n) is 6.49. The van der Waals surface area contributed by atoms with Crippen LogP contribution in [0, 0.1) is 0 Å². The summed E-state index contributed by atoms with van der Waals surface area (Å²) in [5.74, 6) is 0.785. The number of thiophene rings is 1. The highest BCUT2D eigenvalue weighted by atomic mass is 32.2. The molecule has 0 N–H and O–H groups in total. The third-order valence-corrected chi connectivity index (χ3v) is 7.88. The van der Waals surface area contributed by atoms with Gasteiger partial charge in [-0.05, 0) is 41.1 Å². The highest BCUT2D eigenvalue weighted by molar-refractivity contribution is 7.89. The van der Waals surface area contributed by atoms with Gasteiger partial charge in [0.05, 0.1) is 20.3 Å². The van der Waals surface area contributed by atoms with Gasteiger partial charge < -0.3 is 9.47 Å². The Morgan fingerprint density at radius 2 is 1.82 bits per heavy atom. The molecule has 2 aromatic carbocycles. The van der Waals surface area contributed by atoms with Crippen molar-refractivity contribution in [2.24, 2.45) is 0 Å². The van der Waals surface area contributed by atoms with E-state index in [0.717, 1.165) is 11.1 Å². The number of fused-ring (bicyclic) bond motifs is 1. The van der Waals surface area contributed by atoms with Gasteiger partial charge in [-0.3, -0.25) is 0 Å². The fraction of sp³-hybridized carbons (Fsp3) is 0.238. The number of nitrogens with zero attached hydrogens (tertiary/aromatic N) is 1. The molecule has 0 saturated carbocycles. The molecule has 0 saturated heterocycles. The Labute approximate surface area is 169 Å². The van der Waals surface area contributed by atoms with Crippen LogP contribution in [0.25, 0.3) is 0 Å². The van der Waals surface area contributed by atoms with Gasteiger partial charge >= 0.3 is 0 Å². The van der Waals surface area contributed by atoms with Gasteiger partial charge in [-0.15, -0.1) is 11.3 Å². The summed E-state index contributed by atoms with van der Waals surface area (Å²) in [6, 6.07) is 16.3. The molecule has 1 aliphatic rings. The second-order valence-corrected chi connectivity index (χ2v) is 9.35. The lowest BCUT2D eigenvalue weighted by Gasteiger charge is -2.35. The molecule has 7 heteroatoms. The minimum absolute atomic E-state index is 0.119. The summed E-state index contributed by atoms with van der Waals surface area (Å²) in [6.07, 6.45) is 0.696. The van der Waals surface area contributed by atoms with E-state index in [9.17, 15) is 8.42 Å². The maximum Gasteiger partial charge on any atom is 0.247 e. The van der Waals surface area contributed by atoms with Crippen molar-refractivity contribution in [3.05, 3.63) is 76.0 Å². The Hall–Kier alpha value is -2.35. The summed E-state index contributed by atoms with van der Waals surface area (Å²) < 4.78 is 39.7. The van der Waals surface area contributed by atoms with Gasteiger partial charge in [0, 0.05) is 17.5 Å². The largest absolute Gasteiger partial charge is 0.497 e. The number of rotatable bonds is 5. The molecule has 3 aromatic rings. The summed E-state index contributed by atoms with van der Waals surface area (Å²) in [6.45, 7) is 0.412. The first-order chi connectivity index (χ1) is 13.6. The first kappa shape index (κ1) is 19.0. The van der Waals surface area contributed by atoms with Crippen molar-refractivity contribution in [3.8, 4) is 11.5 Å². The molecule has 2 heterocycles. The SMILES string of the molecule is COc1ccc(OC)c(S(=O)(=O)N2CCc3sccc3[C@@H]2c2ccccc2)c1. The van der Waals surface area contributed by atoms with Crippen molar-refractivity contribution in [1.82, 2.24) is 4.31 Å². The molecule has 1 aliphatic heterocycles. The minimum Gasteiger partial charge on any atom is -0.497 e. The molecule has 0 unspecified atom stereocenters. The number of benzene rings is 2. The molecule has 28 heavy (non-hydrogen) atoms. The monoisotopic (exact) mass is 415 g/mol. The molecular formula is C21H21NO4S2. The van der Waals surface area contributed by atoms with Crippen LogP contribution >= 0.6 is 11.3 Å². The van der Waals surface area contributed by atoms with Crippen molar-refractivity contribution in [1.29, 1.82) is 0 Å². The Bertz CT molecular complexity index is 1080. The van der Waals surface area contributed by atoms with E-state index in [2.05, 4.69) is 0 Å². The molecule has 146 valence electrons. The van der Waals surface area contributed by atoms with E-state index in [1.807, 2.05) is 41.8 Å². The van der Waals surface area contributed by atoms with Gasteiger partial charge in [-0.25, -0.2) is 8.42 Å². The van der Waals surface area contributed by atoms with Crippen LogP contribution in [0.15, 0.2) is 64.9 Å². The minimum atomic E-state index is -3.82. The van der Waals surface area contributed by atoms with E-state index in [1.165, 1.54) is 25.2 Å². The van der Waals surface area contributed by atoms with Crippen molar-refractivity contribution in [3.63, 3.8) is 0 Å². The zero-order valence-corrected chi connectivity index (χ0v) is 17.3. The molecule has 0 bridgehead atoms. The van der Waals surface area contributed by atoms with Gasteiger partial charge in [-0.1, -0.05) is 30.3 Å². The smallest absolute Gasteiger partial charge is 0.247 e. The average molecular weight is 416 g/mol. The van der Waals surface area contributed by atoms with Crippen molar-refractivity contribution in [2.45, 2.75) is 17.4 Å². The van der Waals surface area contributed by atoms with Gasteiger partial charge in [0.2, 0.25) is 10.0 Å². The van der Waals surface area contributed by atoms with Crippen LogP contribution in [-0.2, 0) is 16.4 Å². The molecule has 4 rings (SSSR count). The van der Waals surface area contributed by atoms with E-state index in [4.69, 9.17) is 9.47 Å². The predicted molar refractivity (Wildman–Crippen MR) is 110 cm³/mol. The number of hydrogen-bond donors (Lipinski definition) is 0. The summed E-state index contributed by atoms with van der Waals surface area (Å²) in [7, 11) is -0.830. The van der Waals surface area contributed by atoms with Crippen molar-refractivity contribution < 1.29 is 17.9 Å². The summed E-state index contributed by atoms with van der Waals surface area (Å²) in [4.78, 5) is 1.35. The lowest BCUT2D eigenvalue weighted by Crippen LogP contribution is -2.40. The van der Waals surface area contributed by atoms with Crippen molar-refractivity contribution >= 4 is 21.4 Å². The molecule has 1 atom stereocenters. The Kier molecular flexibility index (Phi) is 5.14. The Morgan fingerprint density at radius 1 is 1.04 bits per heavy atom. The lowest BCUT2D eigenvalue weighted by atomic mass is 9.95. The third kappa shape index (κ3) is 3.19. The van der Waals surface area contributed by atoms with Crippen LogP contribution in [0.4, 0.5) is 0 Å². The van der Waals surface area contributed by atoms with E-state index in [-0.39, 0.29) is 10.9 Å². The maximum atomic E-state index is 13.7. The number of methoxy groups -OCH3 is 2. The van der Waals surface area contributed by atoms with E-state index < -0.39 is 10.0 Å². The predicted octanol–water partition coefficient (Wildman–Crippen LogP) is 4.10. The van der Waals surface area contributed by atoms with Crippen LogP contribution in [-0.4, -0.2) is 33.5 Å². The maximum absolute atomic E-state index is 13.7. The lowest BCUT2D eigenvalue weighted by molar-refractivity contribution is 0.341. The van der Waals surface area contributed by atoms with Crippen LogP contribution < -0.4 is 9.47 Å². The molecule has 0 spiro atoms. The van der Waals surface area contributed by atoms with Crippen molar-refractivity contribution in [2.75, 3.05) is 20.8 Å². The van der Waals surface area contributed by atoms with Gasteiger partial charge in [0.15, 0.2) is 0 Å². The van der Waals surface area contributed by atoms with Crippen LogP contribution in [0.3, 0.4) is 0 Å². The zero-order valence-electron chi connectivity index (χ0n) is 15.7. The molecule has 5 nitrogen and oxygen atoms in total. The standard InChI is InChI=1S/C21H21NO4S2/c1-25-16-8-9-18(26-2)20(14-16)28(23,24)22-12-10-19-17(11-13-27-19)21(22)15-6-4-3-5-7-15/h3-9,11,13-14,21H,10,12H2,1-2H3/t21-/m0/s1. The Balaban J connectivity index is 1.87. The van der Waals surface area contributed by atoms with E-state index >= 15 is 0 Å². The van der Waals surface area contributed by atoms with Gasteiger partial charge in [0.25, 0.3) is 0 Å². The molecule has 0 fully saturated rings. The average Bonchev–Trinajstić information content (AvgIpc) is 3.22. The molecule has 0 aliphatic carbocycles. The fourth-order valence-corrected chi connectivity index (χ4v) is 6.32. The summed E-state index contributed by atoms with van der Waals surface area (Å²) in [5, 5.41) is 2.03. The molecular weight excluding hydrogens is 394 g/mol. The normalized spacial score (nSPS) is 17.1. The highest BCUT2D eigenvalue weighted by Crippen LogP contribution is 2.42. The second kappa shape index (κ2) is 7.58. The zero-order chi connectivity index (χ0) is 19.7.